The van der Waals surface area contributed by atoms with E-state index >= 15 is 0 Å². The molecule has 2 unspecified atom stereocenters. The number of hydrogen-bond donors (Lipinski definition) is 0. The molecule has 1 aliphatic carbocycles. The highest BCUT2D eigenvalue weighted by molar-refractivity contribution is 7.99. The molecule has 2 fully saturated rings. The van der Waals surface area contributed by atoms with Crippen LogP contribution in [0.15, 0.2) is 34.2 Å². The maximum absolute atomic E-state index is 6.38. The van der Waals surface area contributed by atoms with E-state index in [1.807, 2.05) is 24.6 Å². The Hall–Kier alpha value is -2.03. The van der Waals surface area contributed by atoms with Gasteiger partial charge in [-0.1, -0.05) is 29.4 Å². The largest absolute Gasteiger partial charge is 0.495 e. The first-order valence-corrected chi connectivity index (χ1v) is 11.9. The highest BCUT2D eigenvalue weighted by Crippen LogP contribution is 2.59. The molecule has 164 valence electrons. The number of ether oxygens (including phenoxy) is 1. The number of nitrogens with zero attached hydrogens (tertiary/aromatic N) is 5. The molecule has 1 aliphatic heterocycles. The fourth-order valence-electron chi connectivity index (χ4n) is 4.79. The normalized spacial score (nSPS) is 22.6. The SMILES string of the molecule is COc1ccc(C23CC2CN(CCCSc2nnc(-c4ocnc4C)n2C)C3)cc1Cl. The number of piperidine rings is 1. The standard InChI is InChI=1S/C22H26ClN5O2S/c1-14-19(30-13-24-14)20-25-26-21(27(20)2)31-8-4-7-28-11-16-10-22(16,12-28)15-5-6-18(29-3)17(23)9-15/h5-6,9,13,16H,4,7-8,10-12H2,1-3H3. The summed E-state index contributed by atoms with van der Waals surface area (Å²) in [5, 5.41) is 10.2. The van der Waals surface area contributed by atoms with Gasteiger partial charge in [0.05, 0.1) is 17.8 Å². The minimum absolute atomic E-state index is 0.288. The summed E-state index contributed by atoms with van der Waals surface area (Å²) in [7, 11) is 3.63. The molecule has 31 heavy (non-hydrogen) atoms. The Morgan fingerprint density at radius 2 is 2.23 bits per heavy atom. The number of aryl methyl sites for hydroxylation is 1. The van der Waals surface area contributed by atoms with Gasteiger partial charge in [0.1, 0.15) is 5.75 Å². The van der Waals surface area contributed by atoms with Crippen molar-refractivity contribution >= 4 is 23.4 Å². The number of thioether (sulfide) groups is 1. The zero-order valence-electron chi connectivity index (χ0n) is 18.0. The maximum Gasteiger partial charge on any atom is 0.202 e. The lowest BCUT2D eigenvalue weighted by atomic mass is 9.95. The second-order valence-electron chi connectivity index (χ2n) is 8.48. The molecule has 2 aromatic heterocycles. The van der Waals surface area contributed by atoms with Crippen molar-refractivity contribution < 1.29 is 9.15 Å². The number of rotatable bonds is 8. The number of hydrogen-bond acceptors (Lipinski definition) is 7. The van der Waals surface area contributed by atoms with Crippen LogP contribution in [0, 0.1) is 12.8 Å². The van der Waals surface area contributed by atoms with Gasteiger partial charge < -0.3 is 18.6 Å². The molecule has 5 rings (SSSR count). The predicted octanol–water partition coefficient (Wildman–Crippen LogP) is 4.20. The van der Waals surface area contributed by atoms with E-state index in [-0.39, 0.29) is 5.41 Å². The molecule has 2 atom stereocenters. The molecule has 7 nitrogen and oxygen atoms in total. The van der Waals surface area contributed by atoms with Gasteiger partial charge in [-0.15, -0.1) is 10.2 Å². The van der Waals surface area contributed by atoms with E-state index in [0.29, 0.717) is 10.8 Å². The van der Waals surface area contributed by atoms with Gasteiger partial charge in [-0.2, -0.15) is 0 Å². The van der Waals surface area contributed by atoms with Gasteiger partial charge in [-0.25, -0.2) is 4.98 Å². The van der Waals surface area contributed by atoms with Gasteiger partial charge >= 0.3 is 0 Å². The molecule has 2 aliphatic rings. The van der Waals surface area contributed by atoms with Gasteiger partial charge in [-0.3, -0.25) is 0 Å². The summed E-state index contributed by atoms with van der Waals surface area (Å²) < 4.78 is 12.7. The average molecular weight is 460 g/mol. The second kappa shape index (κ2) is 8.15. The Kier molecular flexibility index (Phi) is 5.48. The van der Waals surface area contributed by atoms with Crippen LogP contribution in [0.5, 0.6) is 5.75 Å². The molecular weight excluding hydrogens is 434 g/mol. The number of benzene rings is 1. The highest BCUT2D eigenvalue weighted by Gasteiger charge is 2.60. The lowest BCUT2D eigenvalue weighted by Gasteiger charge is -2.21. The minimum Gasteiger partial charge on any atom is -0.495 e. The number of likely N-dealkylation sites (tertiary alicyclic amines) is 1. The number of methoxy groups -OCH3 is 1. The van der Waals surface area contributed by atoms with Crippen LogP contribution in [0.3, 0.4) is 0 Å². The van der Waals surface area contributed by atoms with E-state index in [0.717, 1.165) is 53.6 Å². The first-order chi connectivity index (χ1) is 15.0. The number of fused-ring (bicyclic) bond motifs is 1. The van der Waals surface area contributed by atoms with Crippen LogP contribution >= 0.6 is 23.4 Å². The lowest BCUT2D eigenvalue weighted by Crippen LogP contribution is -2.27. The number of oxazole rings is 1. The third kappa shape index (κ3) is 3.75. The molecule has 1 saturated heterocycles. The van der Waals surface area contributed by atoms with Crippen molar-refractivity contribution in [2.75, 3.05) is 32.5 Å². The number of aromatic nitrogens is 4. The summed E-state index contributed by atoms with van der Waals surface area (Å²) >= 11 is 8.11. The second-order valence-corrected chi connectivity index (χ2v) is 9.95. The van der Waals surface area contributed by atoms with E-state index in [2.05, 4.69) is 32.2 Å². The van der Waals surface area contributed by atoms with Crippen LogP contribution in [0.1, 0.15) is 24.1 Å². The molecule has 0 N–H and O–H groups in total. The monoisotopic (exact) mass is 459 g/mol. The minimum atomic E-state index is 0.288. The van der Waals surface area contributed by atoms with Crippen LogP contribution in [0.25, 0.3) is 11.6 Å². The molecule has 1 aromatic carbocycles. The van der Waals surface area contributed by atoms with Crippen molar-refractivity contribution in [2.45, 2.75) is 30.3 Å². The molecule has 9 heteroatoms. The first-order valence-electron chi connectivity index (χ1n) is 10.5. The van der Waals surface area contributed by atoms with Gasteiger partial charge in [-0.05, 0) is 49.9 Å². The number of halogens is 1. The average Bonchev–Trinajstić information content (AvgIpc) is 3.05. The van der Waals surface area contributed by atoms with Crippen LogP contribution in [-0.2, 0) is 12.5 Å². The first kappa shape index (κ1) is 20.8. The fourth-order valence-corrected chi connectivity index (χ4v) is 5.88. The zero-order valence-corrected chi connectivity index (χ0v) is 19.5. The summed E-state index contributed by atoms with van der Waals surface area (Å²) in [6.07, 6.45) is 3.82. The Morgan fingerprint density at radius 1 is 1.35 bits per heavy atom. The lowest BCUT2D eigenvalue weighted by molar-refractivity contribution is 0.299. The smallest absolute Gasteiger partial charge is 0.202 e. The topological polar surface area (TPSA) is 69.2 Å². The summed E-state index contributed by atoms with van der Waals surface area (Å²) in [6, 6.07) is 6.28. The van der Waals surface area contributed by atoms with Gasteiger partial charge in [0.25, 0.3) is 0 Å². The Bertz CT molecular complexity index is 1100. The zero-order chi connectivity index (χ0) is 21.6. The molecule has 3 heterocycles. The molecule has 1 saturated carbocycles. The van der Waals surface area contributed by atoms with E-state index in [1.54, 1.807) is 18.9 Å². The van der Waals surface area contributed by atoms with Gasteiger partial charge in [0.15, 0.2) is 17.3 Å². The Labute approximate surface area is 191 Å². The third-order valence-corrected chi connectivity index (χ3v) is 7.98. The van der Waals surface area contributed by atoms with Crippen LogP contribution in [0.4, 0.5) is 0 Å². The fraction of sp³-hybridized carbons (Fsp3) is 0.500. The van der Waals surface area contributed by atoms with Crippen LogP contribution in [0.2, 0.25) is 5.02 Å². The Morgan fingerprint density at radius 3 is 2.97 bits per heavy atom. The highest BCUT2D eigenvalue weighted by atomic mass is 35.5. The van der Waals surface area contributed by atoms with Crippen molar-refractivity contribution in [3.8, 4) is 17.3 Å². The third-order valence-electron chi connectivity index (χ3n) is 6.58. The van der Waals surface area contributed by atoms with Crippen molar-refractivity contribution in [3.05, 3.63) is 40.9 Å². The molecule has 0 radical (unpaired) electrons. The van der Waals surface area contributed by atoms with Gasteiger partial charge in [0.2, 0.25) is 5.82 Å². The van der Waals surface area contributed by atoms with E-state index in [9.17, 15) is 0 Å². The summed E-state index contributed by atoms with van der Waals surface area (Å²) in [5.41, 5.74) is 2.47. The summed E-state index contributed by atoms with van der Waals surface area (Å²) in [6.45, 7) is 5.30. The quantitative estimate of drug-likeness (QED) is 0.369. The molecule has 0 bridgehead atoms. The van der Waals surface area contributed by atoms with Crippen molar-refractivity contribution in [2.24, 2.45) is 13.0 Å². The maximum atomic E-state index is 6.38. The molecule has 0 amide bonds. The van der Waals surface area contributed by atoms with Crippen molar-refractivity contribution in [1.29, 1.82) is 0 Å². The summed E-state index contributed by atoms with van der Waals surface area (Å²) in [4.78, 5) is 6.73. The molecule has 0 spiro atoms. The van der Waals surface area contributed by atoms with Crippen molar-refractivity contribution in [3.63, 3.8) is 0 Å². The van der Waals surface area contributed by atoms with E-state index < -0.39 is 0 Å². The summed E-state index contributed by atoms with van der Waals surface area (Å²) in [5.74, 6) is 3.90. The predicted molar refractivity (Wildman–Crippen MR) is 121 cm³/mol. The molecule has 3 aromatic rings. The van der Waals surface area contributed by atoms with Crippen molar-refractivity contribution in [1.82, 2.24) is 24.6 Å². The van der Waals surface area contributed by atoms with E-state index in [1.165, 1.54) is 24.9 Å². The van der Waals surface area contributed by atoms with Gasteiger partial charge in [0, 0.05) is 31.3 Å². The van der Waals surface area contributed by atoms with Crippen LogP contribution < -0.4 is 4.74 Å². The molecular formula is C22H26ClN5O2S. The van der Waals surface area contributed by atoms with Crippen LogP contribution in [-0.4, -0.2) is 57.1 Å². The Balaban J connectivity index is 1.13. The van der Waals surface area contributed by atoms with E-state index in [4.69, 9.17) is 20.8 Å².